The smallest absolute Gasteiger partial charge is 0.0967 e. The third-order valence-corrected chi connectivity index (χ3v) is 2.78. The molecule has 0 amide bonds. The molecule has 3 nitrogen and oxygen atoms in total. The molecule has 0 N–H and O–H groups in total. The van der Waals surface area contributed by atoms with Gasteiger partial charge in [-0.05, 0) is 6.07 Å². The van der Waals surface area contributed by atoms with Crippen molar-refractivity contribution in [3.8, 4) is 0 Å². The number of nitrogens with zero attached hydrogens (tertiary/aromatic N) is 2. The average molecular weight is 227 g/mol. The molecule has 0 aliphatic carbocycles. The summed E-state index contributed by atoms with van der Waals surface area (Å²) in [5.74, 6) is 0.680. The fourth-order valence-corrected chi connectivity index (χ4v) is 2.03. The Bertz CT molecular complexity index is 292. The highest BCUT2D eigenvalue weighted by atomic mass is 35.5. The van der Waals surface area contributed by atoms with Gasteiger partial charge < -0.3 is 4.74 Å². The number of morpholine rings is 1. The zero-order valence-electron chi connectivity index (χ0n) is 8.60. The highest BCUT2D eigenvalue weighted by Gasteiger charge is 2.21. The van der Waals surface area contributed by atoms with E-state index in [-0.39, 0.29) is 6.10 Å². The van der Waals surface area contributed by atoms with Crippen LogP contribution in [0.5, 0.6) is 0 Å². The van der Waals surface area contributed by atoms with E-state index >= 15 is 0 Å². The van der Waals surface area contributed by atoms with Crippen molar-refractivity contribution in [2.24, 2.45) is 0 Å². The molecule has 0 saturated carbocycles. The van der Waals surface area contributed by atoms with E-state index in [1.54, 1.807) is 6.20 Å². The number of alkyl halides is 1. The van der Waals surface area contributed by atoms with E-state index < -0.39 is 0 Å². The summed E-state index contributed by atoms with van der Waals surface area (Å²) in [6.45, 7) is 3.60. The maximum Gasteiger partial charge on any atom is 0.0967 e. The zero-order valence-corrected chi connectivity index (χ0v) is 9.36. The van der Waals surface area contributed by atoms with Gasteiger partial charge in [-0.25, -0.2) is 0 Å². The van der Waals surface area contributed by atoms with Crippen molar-refractivity contribution in [1.29, 1.82) is 0 Å². The lowest BCUT2D eigenvalue weighted by Crippen LogP contribution is -2.39. The van der Waals surface area contributed by atoms with Gasteiger partial charge in [0.2, 0.25) is 0 Å². The number of aromatic nitrogens is 1. The first-order chi connectivity index (χ1) is 7.40. The van der Waals surface area contributed by atoms with Crippen molar-refractivity contribution in [2.45, 2.75) is 6.10 Å². The number of halogens is 1. The summed E-state index contributed by atoms with van der Waals surface area (Å²) in [7, 11) is 0. The number of pyridine rings is 1. The molecule has 0 bridgehead atoms. The molecule has 0 radical (unpaired) electrons. The van der Waals surface area contributed by atoms with Crippen LogP contribution < -0.4 is 0 Å². The first kappa shape index (κ1) is 10.9. The Hall–Kier alpha value is -0.640. The molecule has 0 spiro atoms. The van der Waals surface area contributed by atoms with Crippen LogP contribution in [-0.4, -0.2) is 42.0 Å². The Labute approximate surface area is 95.0 Å². The van der Waals surface area contributed by atoms with E-state index in [2.05, 4.69) is 16.0 Å². The molecule has 4 heteroatoms. The lowest BCUT2D eigenvalue weighted by atomic mass is 10.1. The number of rotatable bonds is 3. The summed E-state index contributed by atoms with van der Waals surface area (Å²) in [6.07, 6.45) is 3.80. The van der Waals surface area contributed by atoms with E-state index in [1.165, 1.54) is 0 Å². The molecule has 1 aliphatic heterocycles. The molecule has 1 aromatic rings. The summed E-state index contributed by atoms with van der Waals surface area (Å²) in [4.78, 5) is 6.43. The molecule has 15 heavy (non-hydrogen) atoms. The van der Waals surface area contributed by atoms with Crippen molar-refractivity contribution in [1.82, 2.24) is 9.88 Å². The van der Waals surface area contributed by atoms with Crippen LogP contribution in [0.25, 0.3) is 0 Å². The Morgan fingerprint density at radius 2 is 2.53 bits per heavy atom. The van der Waals surface area contributed by atoms with Gasteiger partial charge >= 0.3 is 0 Å². The minimum atomic E-state index is 0.149. The van der Waals surface area contributed by atoms with Crippen LogP contribution in [0, 0.1) is 0 Å². The van der Waals surface area contributed by atoms with Crippen LogP contribution >= 0.6 is 11.6 Å². The van der Waals surface area contributed by atoms with Crippen LogP contribution in [0.2, 0.25) is 0 Å². The maximum absolute atomic E-state index is 5.73. The highest BCUT2D eigenvalue weighted by molar-refractivity contribution is 6.18. The third-order valence-electron chi connectivity index (χ3n) is 2.61. The minimum absolute atomic E-state index is 0.149. The lowest BCUT2D eigenvalue weighted by Gasteiger charge is -2.32. The predicted molar refractivity (Wildman–Crippen MR) is 60.1 cm³/mol. The first-order valence-electron chi connectivity index (χ1n) is 5.20. The molecule has 0 aromatic carbocycles. The van der Waals surface area contributed by atoms with E-state index in [0.29, 0.717) is 5.88 Å². The highest BCUT2D eigenvalue weighted by Crippen LogP contribution is 2.20. The number of hydrogen-bond acceptors (Lipinski definition) is 3. The van der Waals surface area contributed by atoms with Gasteiger partial charge in [0.15, 0.2) is 0 Å². The zero-order chi connectivity index (χ0) is 10.5. The summed E-state index contributed by atoms with van der Waals surface area (Å²) < 4.78 is 5.72. The van der Waals surface area contributed by atoms with E-state index in [1.807, 2.05) is 12.3 Å². The third kappa shape index (κ3) is 2.91. The Morgan fingerprint density at radius 3 is 3.27 bits per heavy atom. The Balaban J connectivity index is 1.98. The molecule has 1 unspecified atom stereocenters. The van der Waals surface area contributed by atoms with Gasteiger partial charge in [0.1, 0.15) is 0 Å². The van der Waals surface area contributed by atoms with Gasteiger partial charge in [-0.2, -0.15) is 0 Å². The second-order valence-electron chi connectivity index (χ2n) is 3.64. The monoisotopic (exact) mass is 226 g/mol. The Morgan fingerprint density at radius 1 is 1.60 bits per heavy atom. The summed E-state index contributed by atoms with van der Waals surface area (Å²) in [5.41, 5.74) is 1.15. The van der Waals surface area contributed by atoms with Crippen molar-refractivity contribution in [3.63, 3.8) is 0 Å². The van der Waals surface area contributed by atoms with Gasteiger partial charge in [0.25, 0.3) is 0 Å². The van der Waals surface area contributed by atoms with Gasteiger partial charge in [-0.15, -0.1) is 11.6 Å². The van der Waals surface area contributed by atoms with Gasteiger partial charge in [0.05, 0.1) is 12.7 Å². The quantitative estimate of drug-likeness (QED) is 0.734. The predicted octanol–water partition coefficient (Wildman–Crippen LogP) is 1.69. The average Bonchev–Trinajstić information content (AvgIpc) is 2.31. The Kier molecular flexibility index (Phi) is 3.94. The standard InChI is InChI=1S/C11H15ClN2O/c12-3-5-14-6-7-15-11(9-14)10-2-1-4-13-8-10/h1-2,4,8,11H,3,5-7,9H2. The van der Waals surface area contributed by atoms with Crippen molar-refractivity contribution in [2.75, 3.05) is 32.1 Å². The number of hydrogen-bond donors (Lipinski definition) is 0. The van der Waals surface area contributed by atoms with Gasteiger partial charge in [-0.3, -0.25) is 9.88 Å². The first-order valence-corrected chi connectivity index (χ1v) is 5.73. The molecular formula is C11H15ClN2O. The van der Waals surface area contributed by atoms with Gasteiger partial charge in [-0.1, -0.05) is 6.07 Å². The second kappa shape index (κ2) is 5.45. The van der Waals surface area contributed by atoms with Crippen LogP contribution in [0.1, 0.15) is 11.7 Å². The molecule has 1 saturated heterocycles. The fraction of sp³-hybridized carbons (Fsp3) is 0.545. The molecule has 82 valence electrons. The normalized spacial score (nSPS) is 22.9. The van der Waals surface area contributed by atoms with Gasteiger partial charge in [0, 0.05) is 43.5 Å². The molecular weight excluding hydrogens is 212 g/mol. The molecule has 1 fully saturated rings. The topological polar surface area (TPSA) is 25.4 Å². The molecule has 2 rings (SSSR count). The maximum atomic E-state index is 5.73. The van der Waals surface area contributed by atoms with E-state index in [0.717, 1.165) is 31.8 Å². The van der Waals surface area contributed by atoms with Crippen molar-refractivity contribution in [3.05, 3.63) is 30.1 Å². The number of ether oxygens (including phenoxy) is 1. The van der Waals surface area contributed by atoms with Crippen molar-refractivity contribution < 1.29 is 4.74 Å². The summed E-state index contributed by atoms with van der Waals surface area (Å²) in [5, 5.41) is 0. The van der Waals surface area contributed by atoms with Crippen LogP contribution in [0.3, 0.4) is 0 Å². The molecule has 1 aromatic heterocycles. The summed E-state index contributed by atoms with van der Waals surface area (Å²) >= 11 is 5.73. The van der Waals surface area contributed by atoms with E-state index in [9.17, 15) is 0 Å². The van der Waals surface area contributed by atoms with Crippen LogP contribution in [0.15, 0.2) is 24.5 Å². The molecule has 2 heterocycles. The van der Waals surface area contributed by atoms with Crippen molar-refractivity contribution >= 4 is 11.6 Å². The summed E-state index contributed by atoms with van der Waals surface area (Å²) in [6, 6.07) is 4.00. The van der Waals surface area contributed by atoms with Crippen LogP contribution in [0.4, 0.5) is 0 Å². The lowest BCUT2D eigenvalue weighted by molar-refractivity contribution is -0.0280. The van der Waals surface area contributed by atoms with E-state index in [4.69, 9.17) is 16.3 Å². The second-order valence-corrected chi connectivity index (χ2v) is 4.01. The fourth-order valence-electron chi connectivity index (χ4n) is 1.79. The van der Waals surface area contributed by atoms with Crippen LogP contribution in [-0.2, 0) is 4.74 Å². The molecule has 1 aliphatic rings. The SMILES string of the molecule is ClCCN1CCOC(c2cccnc2)C1. The minimum Gasteiger partial charge on any atom is -0.371 e. The largest absolute Gasteiger partial charge is 0.371 e. The molecule has 1 atom stereocenters.